The Hall–Kier alpha value is -2.25. The zero-order chi connectivity index (χ0) is 19.4. The molecule has 7 nitrogen and oxygen atoms in total. The molecule has 27 heavy (non-hydrogen) atoms. The Kier molecular flexibility index (Phi) is 6.23. The van der Waals surface area contributed by atoms with Gasteiger partial charge in [0.05, 0.1) is 5.71 Å². The van der Waals surface area contributed by atoms with Crippen molar-refractivity contribution in [3.8, 4) is 0 Å². The van der Waals surface area contributed by atoms with E-state index in [-0.39, 0.29) is 11.8 Å². The number of Topliss-reactive ketones (excluding diaryl/α,β-unsaturated/α-hetero) is 1. The van der Waals surface area contributed by atoms with Crippen molar-refractivity contribution in [3.63, 3.8) is 0 Å². The second-order valence-electron chi connectivity index (χ2n) is 7.53. The van der Waals surface area contributed by atoms with Crippen LogP contribution in [-0.4, -0.2) is 60.5 Å². The van der Waals surface area contributed by atoms with Crippen LogP contribution in [-0.2, 0) is 4.79 Å². The summed E-state index contributed by atoms with van der Waals surface area (Å²) in [7, 11) is 0. The van der Waals surface area contributed by atoms with Gasteiger partial charge in [0, 0.05) is 44.6 Å². The number of aliphatic imine (C=N–C) groups is 1. The molecular formula is C20H30N6O. The molecule has 2 heterocycles. The molecule has 0 spiro atoms. The average molecular weight is 371 g/mol. The maximum atomic E-state index is 11.5. The molecule has 0 aromatic carbocycles. The number of amidine groups is 1. The summed E-state index contributed by atoms with van der Waals surface area (Å²) >= 11 is 0. The van der Waals surface area contributed by atoms with Gasteiger partial charge >= 0.3 is 0 Å². The van der Waals surface area contributed by atoms with E-state index < -0.39 is 0 Å². The third kappa shape index (κ3) is 4.54. The van der Waals surface area contributed by atoms with Crippen molar-refractivity contribution < 1.29 is 4.79 Å². The fourth-order valence-corrected chi connectivity index (χ4v) is 3.87. The molecule has 2 aliphatic heterocycles. The Balaban J connectivity index is 1.69. The van der Waals surface area contributed by atoms with Crippen LogP contribution in [0.5, 0.6) is 0 Å². The largest absolute Gasteiger partial charge is 0.385 e. The summed E-state index contributed by atoms with van der Waals surface area (Å²) in [5.74, 6) is 0.947. The van der Waals surface area contributed by atoms with E-state index in [1.54, 1.807) is 13.1 Å². The SMILES string of the molecule is CC(=O)C1=CCC(C(=N)C2C(N)=NC=CN2CC(C)C2CNCCN2)=CC1. The number of hydrogen-bond donors (Lipinski definition) is 4. The van der Waals surface area contributed by atoms with E-state index in [0.717, 1.165) is 37.3 Å². The first kappa shape index (κ1) is 19.5. The van der Waals surface area contributed by atoms with Gasteiger partial charge in [-0.15, -0.1) is 0 Å². The zero-order valence-electron chi connectivity index (χ0n) is 16.2. The molecule has 0 amide bonds. The van der Waals surface area contributed by atoms with Gasteiger partial charge in [0.15, 0.2) is 5.78 Å². The van der Waals surface area contributed by atoms with Crippen molar-refractivity contribution >= 4 is 17.3 Å². The molecule has 0 aromatic rings. The fraction of sp³-hybridized carbons (Fsp3) is 0.550. The second-order valence-corrected chi connectivity index (χ2v) is 7.53. The lowest BCUT2D eigenvalue weighted by Gasteiger charge is -2.38. The lowest BCUT2D eigenvalue weighted by Crippen LogP contribution is -2.56. The van der Waals surface area contributed by atoms with Crippen LogP contribution in [0.3, 0.4) is 0 Å². The fourth-order valence-electron chi connectivity index (χ4n) is 3.87. The number of nitrogens with two attached hydrogens (primary N) is 1. The zero-order valence-corrected chi connectivity index (χ0v) is 16.2. The molecule has 5 N–H and O–H groups in total. The van der Waals surface area contributed by atoms with Crippen LogP contribution in [0.1, 0.15) is 26.7 Å². The minimum Gasteiger partial charge on any atom is -0.385 e. The molecule has 0 bridgehead atoms. The van der Waals surface area contributed by atoms with Gasteiger partial charge in [0.1, 0.15) is 11.9 Å². The van der Waals surface area contributed by atoms with Crippen molar-refractivity contribution in [2.75, 3.05) is 26.2 Å². The van der Waals surface area contributed by atoms with Gasteiger partial charge in [-0.3, -0.25) is 4.79 Å². The Morgan fingerprint density at radius 1 is 1.37 bits per heavy atom. The highest BCUT2D eigenvalue weighted by Crippen LogP contribution is 2.23. The number of hydrogen-bond acceptors (Lipinski definition) is 7. The molecule has 1 saturated heterocycles. The number of allylic oxidation sites excluding steroid dienone is 3. The molecule has 0 aromatic heterocycles. The predicted octanol–water partition coefficient (Wildman–Crippen LogP) is 0.952. The Bertz CT molecular complexity index is 714. The Morgan fingerprint density at radius 2 is 2.11 bits per heavy atom. The Labute approximate surface area is 161 Å². The van der Waals surface area contributed by atoms with Crippen LogP contribution >= 0.6 is 0 Å². The van der Waals surface area contributed by atoms with Crippen molar-refractivity contribution in [2.24, 2.45) is 16.6 Å². The number of carbonyl (C=O) groups excluding carboxylic acids is 1. The van der Waals surface area contributed by atoms with E-state index >= 15 is 0 Å². The maximum absolute atomic E-state index is 11.5. The summed E-state index contributed by atoms with van der Waals surface area (Å²) in [4.78, 5) is 17.9. The maximum Gasteiger partial charge on any atom is 0.155 e. The molecule has 3 atom stereocenters. The van der Waals surface area contributed by atoms with Crippen LogP contribution in [0.25, 0.3) is 0 Å². The third-order valence-electron chi connectivity index (χ3n) is 5.56. The monoisotopic (exact) mass is 370 g/mol. The smallest absolute Gasteiger partial charge is 0.155 e. The quantitative estimate of drug-likeness (QED) is 0.521. The summed E-state index contributed by atoms with van der Waals surface area (Å²) in [6.07, 6.45) is 8.74. The van der Waals surface area contributed by atoms with Crippen LogP contribution < -0.4 is 16.4 Å². The third-order valence-corrected chi connectivity index (χ3v) is 5.56. The van der Waals surface area contributed by atoms with Gasteiger partial charge in [-0.25, -0.2) is 4.99 Å². The number of ketones is 1. The highest BCUT2D eigenvalue weighted by molar-refractivity contribution is 6.16. The minimum absolute atomic E-state index is 0.0996. The number of nitrogens with zero attached hydrogens (tertiary/aromatic N) is 2. The highest BCUT2D eigenvalue weighted by atomic mass is 16.1. The summed E-state index contributed by atoms with van der Waals surface area (Å²) in [5, 5.41) is 15.7. The van der Waals surface area contributed by atoms with E-state index in [1.165, 1.54) is 0 Å². The lowest BCUT2D eigenvalue weighted by atomic mass is 9.90. The lowest BCUT2D eigenvalue weighted by molar-refractivity contribution is -0.113. The van der Waals surface area contributed by atoms with E-state index in [9.17, 15) is 4.79 Å². The first-order valence-corrected chi connectivity index (χ1v) is 9.65. The molecule has 0 saturated carbocycles. The number of piperazine rings is 1. The van der Waals surface area contributed by atoms with E-state index in [4.69, 9.17) is 11.1 Å². The van der Waals surface area contributed by atoms with Gasteiger partial charge in [0.25, 0.3) is 0 Å². The highest BCUT2D eigenvalue weighted by Gasteiger charge is 2.31. The topological polar surface area (TPSA) is 107 Å². The molecule has 3 aliphatic rings. The molecule has 1 fully saturated rings. The summed E-state index contributed by atoms with van der Waals surface area (Å²) in [5.41, 5.74) is 8.41. The minimum atomic E-state index is -0.354. The van der Waals surface area contributed by atoms with Crippen molar-refractivity contribution in [3.05, 3.63) is 35.7 Å². The normalized spacial score (nSPS) is 26.7. The molecule has 3 rings (SSSR count). The first-order valence-electron chi connectivity index (χ1n) is 9.65. The molecule has 1 aliphatic carbocycles. The predicted molar refractivity (Wildman–Crippen MR) is 109 cm³/mol. The van der Waals surface area contributed by atoms with Crippen LogP contribution in [0.2, 0.25) is 0 Å². The van der Waals surface area contributed by atoms with E-state index in [2.05, 4.69) is 27.4 Å². The van der Waals surface area contributed by atoms with Crippen LogP contribution in [0.15, 0.2) is 40.7 Å². The number of nitrogens with one attached hydrogen (secondary N) is 3. The average Bonchev–Trinajstić information content (AvgIpc) is 2.68. The van der Waals surface area contributed by atoms with E-state index in [0.29, 0.717) is 36.3 Å². The second kappa shape index (κ2) is 8.63. The first-order chi connectivity index (χ1) is 13.0. The van der Waals surface area contributed by atoms with Crippen molar-refractivity contribution in [2.45, 2.75) is 38.8 Å². The number of rotatable bonds is 6. The van der Waals surface area contributed by atoms with Crippen molar-refractivity contribution in [1.29, 1.82) is 5.41 Å². The molecule has 3 unspecified atom stereocenters. The Morgan fingerprint density at radius 3 is 2.74 bits per heavy atom. The van der Waals surface area contributed by atoms with Crippen LogP contribution in [0, 0.1) is 11.3 Å². The molecule has 146 valence electrons. The van der Waals surface area contributed by atoms with Crippen LogP contribution in [0.4, 0.5) is 0 Å². The molecule has 7 heteroatoms. The molecular weight excluding hydrogens is 340 g/mol. The van der Waals surface area contributed by atoms with Gasteiger partial charge in [-0.2, -0.15) is 0 Å². The molecule has 0 radical (unpaired) electrons. The summed E-state index contributed by atoms with van der Waals surface area (Å²) in [6, 6.07) is 0.0459. The van der Waals surface area contributed by atoms with E-state index in [1.807, 2.05) is 18.4 Å². The van der Waals surface area contributed by atoms with Gasteiger partial charge < -0.3 is 26.7 Å². The summed E-state index contributed by atoms with van der Waals surface area (Å²) < 4.78 is 0. The van der Waals surface area contributed by atoms with Gasteiger partial charge in [-0.1, -0.05) is 19.1 Å². The van der Waals surface area contributed by atoms with Crippen molar-refractivity contribution in [1.82, 2.24) is 15.5 Å². The summed E-state index contributed by atoms with van der Waals surface area (Å²) in [6.45, 7) is 7.54. The number of carbonyl (C=O) groups is 1. The van der Waals surface area contributed by atoms with Gasteiger partial charge in [-0.05, 0) is 36.8 Å². The standard InChI is InChI=1S/C20H30N6O/c1-13(17-11-23-7-8-24-17)12-26-10-9-25-20(22)19(26)18(21)16-5-3-15(4-6-16)14(2)27/h3,6,9-10,13,17,19,21,23-24H,4-5,7-8,11-12H2,1-2H3,(H2,22,25). The van der Waals surface area contributed by atoms with Gasteiger partial charge in [0.2, 0.25) is 0 Å².